The number of nitrogens with one attached hydrogen (secondary N) is 1. The van der Waals surface area contributed by atoms with Gasteiger partial charge in [-0.25, -0.2) is 4.98 Å². The molecule has 1 aliphatic rings. The van der Waals surface area contributed by atoms with Gasteiger partial charge in [0.05, 0.1) is 0 Å². The molecule has 1 aromatic heterocycles. The molecule has 1 saturated heterocycles. The number of pyridine rings is 1. The molecule has 0 amide bonds. The van der Waals surface area contributed by atoms with Gasteiger partial charge in [0.15, 0.2) is 0 Å². The maximum atomic E-state index is 6.06. The molecule has 3 nitrogen and oxygen atoms in total. The zero-order valence-electron chi connectivity index (χ0n) is 9.13. The Kier molecular flexibility index (Phi) is 3.12. The van der Waals surface area contributed by atoms with Crippen molar-refractivity contribution in [3.8, 4) is 0 Å². The maximum absolute atomic E-state index is 6.06. The van der Waals surface area contributed by atoms with E-state index >= 15 is 0 Å². The fraction of sp³-hybridized carbons (Fsp3) is 0.545. The van der Waals surface area contributed by atoms with E-state index in [0.29, 0.717) is 0 Å². The molecule has 0 aliphatic carbocycles. The van der Waals surface area contributed by atoms with E-state index in [1.54, 1.807) is 0 Å². The lowest BCUT2D eigenvalue weighted by Crippen LogP contribution is -2.48. The molecule has 2 heterocycles. The summed E-state index contributed by atoms with van der Waals surface area (Å²) in [5.41, 5.74) is 2.35. The molecule has 1 unspecified atom stereocenters. The first-order valence-corrected chi connectivity index (χ1v) is 5.66. The number of hydrogen-bond acceptors (Lipinski definition) is 3. The second-order valence-corrected chi connectivity index (χ2v) is 4.54. The minimum atomic E-state index is 0.0290. The van der Waals surface area contributed by atoms with Crippen LogP contribution < -0.4 is 10.2 Å². The van der Waals surface area contributed by atoms with Crippen molar-refractivity contribution in [2.75, 3.05) is 24.5 Å². The highest BCUT2D eigenvalue weighted by Gasteiger charge is 2.18. The van der Waals surface area contributed by atoms with Gasteiger partial charge in [0.2, 0.25) is 0 Å². The lowest BCUT2D eigenvalue weighted by atomic mass is 10.2. The average molecular weight is 226 g/mol. The Hall–Kier alpha value is -0.800. The third-order valence-electron chi connectivity index (χ3n) is 2.54. The average Bonchev–Trinajstić information content (AvgIpc) is 2.16. The summed E-state index contributed by atoms with van der Waals surface area (Å²) in [6.45, 7) is 6.83. The summed E-state index contributed by atoms with van der Waals surface area (Å²) in [4.78, 5) is 6.76. The molecule has 2 rings (SSSR count). The highest BCUT2D eigenvalue weighted by Crippen LogP contribution is 2.16. The van der Waals surface area contributed by atoms with Gasteiger partial charge in [0.1, 0.15) is 11.3 Å². The van der Waals surface area contributed by atoms with Gasteiger partial charge in [-0.3, -0.25) is 5.32 Å². The minimum Gasteiger partial charge on any atom is -0.353 e. The highest BCUT2D eigenvalue weighted by molar-refractivity contribution is 6.20. The zero-order valence-corrected chi connectivity index (χ0v) is 9.88. The van der Waals surface area contributed by atoms with Gasteiger partial charge in [-0.2, -0.15) is 0 Å². The summed E-state index contributed by atoms with van der Waals surface area (Å²) in [5, 5.41) is 3.21. The van der Waals surface area contributed by atoms with Crippen LogP contribution in [0.2, 0.25) is 0 Å². The molecule has 1 fully saturated rings. The first kappa shape index (κ1) is 10.7. The van der Waals surface area contributed by atoms with Gasteiger partial charge >= 0.3 is 0 Å². The van der Waals surface area contributed by atoms with Crippen molar-refractivity contribution < 1.29 is 0 Å². The van der Waals surface area contributed by atoms with Crippen LogP contribution in [0.15, 0.2) is 12.1 Å². The number of rotatable bonds is 1. The summed E-state index contributed by atoms with van der Waals surface area (Å²) < 4.78 is 0. The monoisotopic (exact) mass is 225 g/mol. The van der Waals surface area contributed by atoms with Crippen LogP contribution in [-0.4, -0.2) is 30.1 Å². The summed E-state index contributed by atoms with van der Waals surface area (Å²) >= 11 is 6.06. The van der Waals surface area contributed by atoms with Crippen molar-refractivity contribution in [3.63, 3.8) is 0 Å². The lowest BCUT2D eigenvalue weighted by Gasteiger charge is -2.31. The second kappa shape index (κ2) is 4.37. The van der Waals surface area contributed by atoms with Crippen LogP contribution in [0.3, 0.4) is 0 Å². The van der Waals surface area contributed by atoms with Crippen LogP contribution in [0.4, 0.5) is 5.82 Å². The predicted molar refractivity (Wildman–Crippen MR) is 63.6 cm³/mol. The van der Waals surface area contributed by atoms with Crippen LogP contribution in [-0.2, 0) is 0 Å². The van der Waals surface area contributed by atoms with E-state index < -0.39 is 0 Å². The van der Waals surface area contributed by atoms with E-state index in [9.17, 15) is 0 Å². The first-order valence-electron chi connectivity index (χ1n) is 5.23. The number of aryl methyl sites for hydroxylation is 2. The Morgan fingerprint density at radius 3 is 2.93 bits per heavy atom. The Labute approximate surface area is 95.4 Å². The van der Waals surface area contributed by atoms with Crippen LogP contribution in [0.5, 0.6) is 0 Å². The fourth-order valence-corrected chi connectivity index (χ4v) is 2.17. The fourth-order valence-electron chi connectivity index (χ4n) is 1.90. The molecule has 0 bridgehead atoms. The van der Waals surface area contributed by atoms with Crippen molar-refractivity contribution in [1.82, 2.24) is 10.3 Å². The van der Waals surface area contributed by atoms with Crippen molar-refractivity contribution in [3.05, 3.63) is 23.4 Å². The van der Waals surface area contributed by atoms with Crippen LogP contribution in [0.25, 0.3) is 0 Å². The first-order chi connectivity index (χ1) is 7.15. The van der Waals surface area contributed by atoms with E-state index in [4.69, 9.17) is 11.6 Å². The molecule has 1 atom stereocenters. The van der Waals surface area contributed by atoms with Crippen molar-refractivity contribution >= 4 is 17.4 Å². The van der Waals surface area contributed by atoms with E-state index in [-0.39, 0.29) is 5.50 Å². The SMILES string of the molecule is Cc1cc(C)nc(N2CCNC(Cl)C2)c1. The van der Waals surface area contributed by atoms with E-state index in [1.807, 2.05) is 6.92 Å². The van der Waals surface area contributed by atoms with Crippen molar-refractivity contribution in [2.24, 2.45) is 0 Å². The van der Waals surface area contributed by atoms with E-state index in [0.717, 1.165) is 31.1 Å². The summed E-state index contributed by atoms with van der Waals surface area (Å²) in [7, 11) is 0. The number of piperazine rings is 1. The van der Waals surface area contributed by atoms with Gasteiger partial charge in [0.25, 0.3) is 0 Å². The van der Waals surface area contributed by atoms with Crippen molar-refractivity contribution in [1.29, 1.82) is 0 Å². The number of hydrogen-bond donors (Lipinski definition) is 1. The third kappa shape index (κ3) is 2.61. The third-order valence-corrected chi connectivity index (χ3v) is 2.83. The molecule has 4 heteroatoms. The molecule has 1 aliphatic heterocycles. The maximum Gasteiger partial charge on any atom is 0.129 e. The Morgan fingerprint density at radius 1 is 1.47 bits per heavy atom. The van der Waals surface area contributed by atoms with Gasteiger partial charge in [-0.1, -0.05) is 0 Å². The molecule has 1 N–H and O–H groups in total. The number of aromatic nitrogens is 1. The Bertz CT molecular complexity index is 333. The largest absolute Gasteiger partial charge is 0.353 e. The predicted octanol–water partition coefficient (Wildman–Crippen LogP) is 1.67. The molecule has 0 radical (unpaired) electrons. The zero-order chi connectivity index (χ0) is 10.8. The molecular formula is C11H16ClN3. The van der Waals surface area contributed by atoms with Gasteiger partial charge < -0.3 is 4.90 Å². The second-order valence-electron chi connectivity index (χ2n) is 4.01. The molecular weight excluding hydrogens is 210 g/mol. The Morgan fingerprint density at radius 2 is 2.27 bits per heavy atom. The van der Waals surface area contributed by atoms with Gasteiger partial charge in [-0.15, -0.1) is 11.6 Å². The van der Waals surface area contributed by atoms with E-state index in [1.165, 1.54) is 5.56 Å². The molecule has 0 aromatic carbocycles. The van der Waals surface area contributed by atoms with Gasteiger partial charge in [0, 0.05) is 25.3 Å². The molecule has 0 spiro atoms. The van der Waals surface area contributed by atoms with Crippen LogP contribution in [0, 0.1) is 13.8 Å². The normalized spacial score (nSPS) is 21.8. The number of halogens is 1. The van der Waals surface area contributed by atoms with Gasteiger partial charge in [-0.05, 0) is 31.5 Å². The molecule has 0 saturated carbocycles. The van der Waals surface area contributed by atoms with Crippen molar-refractivity contribution in [2.45, 2.75) is 19.3 Å². The number of anilines is 1. The molecule has 15 heavy (non-hydrogen) atoms. The number of nitrogens with zero attached hydrogens (tertiary/aromatic N) is 2. The minimum absolute atomic E-state index is 0.0290. The van der Waals surface area contributed by atoms with E-state index in [2.05, 4.69) is 34.3 Å². The lowest BCUT2D eigenvalue weighted by molar-refractivity contribution is 0.548. The highest BCUT2D eigenvalue weighted by atomic mass is 35.5. The molecule has 82 valence electrons. The Balaban J connectivity index is 2.20. The molecule has 1 aromatic rings. The quantitative estimate of drug-likeness (QED) is 0.582. The standard InChI is InChI=1S/C11H16ClN3/c1-8-5-9(2)14-11(6-8)15-4-3-13-10(12)7-15/h5-6,10,13H,3-4,7H2,1-2H3. The summed E-state index contributed by atoms with van der Waals surface area (Å²) in [6.07, 6.45) is 0. The summed E-state index contributed by atoms with van der Waals surface area (Å²) in [6, 6.07) is 4.20. The summed E-state index contributed by atoms with van der Waals surface area (Å²) in [5.74, 6) is 1.04. The topological polar surface area (TPSA) is 28.2 Å². The smallest absolute Gasteiger partial charge is 0.129 e. The number of alkyl halides is 1. The van der Waals surface area contributed by atoms with Crippen LogP contribution >= 0.6 is 11.6 Å². The van der Waals surface area contributed by atoms with Crippen LogP contribution in [0.1, 0.15) is 11.3 Å².